The minimum absolute atomic E-state index is 0.193. The van der Waals surface area contributed by atoms with Crippen molar-refractivity contribution in [2.75, 3.05) is 18.1 Å². The summed E-state index contributed by atoms with van der Waals surface area (Å²) in [7, 11) is 0. The van der Waals surface area contributed by atoms with Gasteiger partial charge in [-0.1, -0.05) is 38.1 Å². The third kappa shape index (κ3) is 5.26. The van der Waals surface area contributed by atoms with Crippen LogP contribution in [0.25, 0.3) is 0 Å². The molecule has 174 valence electrons. The predicted octanol–water partition coefficient (Wildman–Crippen LogP) is 7.16. The molecule has 4 rings (SSSR count). The Hall–Kier alpha value is -4.12. The van der Waals surface area contributed by atoms with Crippen molar-refractivity contribution in [3.05, 3.63) is 102 Å². The molecule has 0 saturated heterocycles. The Bertz CT molecular complexity index is 1230. The molecule has 5 nitrogen and oxygen atoms in total. The lowest BCUT2D eigenvalue weighted by atomic mass is 9.78. The molecule has 4 N–H and O–H groups in total. The summed E-state index contributed by atoms with van der Waals surface area (Å²) < 4.78 is 17.5. The van der Waals surface area contributed by atoms with Gasteiger partial charge in [0.05, 0.1) is 12.3 Å². The third-order valence-corrected chi connectivity index (χ3v) is 5.79. The SMILES string of the molecule is CCOc1cc(Oc2ccc(C(C)(C)c3ccc(Oc4ccc(N)cc4)cc3)cc2)ccc1N. The fraction of sp³-hybridized carbons (Fsp3) is 0.172. The number of anilines is 2. The molecule has 0 amide bonds. The van der Waals surface area contributed by atoms with Crippen molar-refractivity contribution in [2.24, 2.45) is 0 Å². The predicted molar refractivity (Wildman–Crippen MR) is 138 cm³/mol. The summed E-state index contributed by atoms with van der Waals surface area (Å²) in [6, 6.07) is 29.1. The first kappa shape index (κ1) is 23.1. The molecule has 0 atom stereocenters. The highest BCUT2D eigenvalue weighted by Crippen LogP contribution is 2.35. The molecule has 34 heavy (non-hydrogen) atoms. The Kier molecular flexibility index (Phi) is 6.64. The Balaban J connectivity index is 1.46. The molecule has 4 aromatic rings. The van der Waals surface area contributed by atoms with E-state index in [-0.39, 0.29) is 5.41 Å². The van der Waals surface area contributed by atoms with Crippen LogP contribution in [0.2, 0.25) is 0 Å². The second-order valence-corrected chi connectivity index (χ2v) is 8.58. The highest BCUT2D eigenvalue weighted by Gasteiger charge is 2.23. The summed E-state index contributed by atoms with van der Waals surface area (Å²) in [4.78, 5) is 0. The van der Waals surface area contributed by atoms with Crippen LogP contribution in [0.5, 0.6) is 28.7 Å². The quantitative estimate of drug-likeness (QED) is 0.276. The maximum atomic E-state index is 6.01. The Morgan fingerprint density at radius 3 is 1.56 bits per heavy atom. The van der Waals surface area contributed by atoms with Crippen molar-refractivity contribution in [2.45, 2.75) is 26.2 Å². The average molecular weight is 455 g/mol. The molecule has 0 heterocycles. The molecule has 0 aliphatic rings. The van der Waals surface area contributed by atoms with Crippen LogP contribution in [-0.4, -0.2) is 6.61 Å². The van der Waals surface area contributed by atoms with E-state index < -0.39 is 0 Å². The highest BCUT2D eigenvalue weighted by atomic mass is 16.5. The summed E-state index contributed by atoms with van der Waals surface area (Å²) in [6.45, 7) is 6.87. The monoisotopic (exact) mass is 454 g/mol. The molecule has 4 aromatic carbocycles. The number of hydrogen-bond acceptors (Lipinski definition) is 5. The van der Waals surface area contributed by atoms with Gasteiger partial charge < -0.3 is 25.7 Å². The minimum Gasteiger partial charge on any atom is -0.492 e. The van der Waals surface area contributed by atoms with Crippen molar-refractivity contribution in [3.8, 4) is 28.7 Å². The molecule has 0 radical (unpaired) electrons. The minimum atomic E-state index is -0.193. The molecule has 0 bridgehead atoms. The molecule has 0 saturated carbocycles. The fourth-order valence-electron chi connectivity index (χ4n) is 3.71. The summed E-state index contributed by atoms with van der Waals surface area (Å²) >= 11 is 0. The van der Waals surface area contributed by atoms with Gasteiger partial charge in [-0.15, -0.1) is 0 Å². The maximum Gasteiger partial charge on any atom is 0.145 e. The zero-order chi connectivity index (χ0) is 24.1. The first-order valence-electron chi connectivity index (χ1n) is 11.3. The molecule has 0 spiro atoms. The second-order valence-electron chi connectivity index (χ2n) is 8.58. The van der Waals surface area contributed by atoms with Gasteiger partial charge in [-0.05, 0) is 78.7 Å². The van der Waals surface area contributed by atoms with Crippen LogP contribution < -0.4 is 25.7 Å². The van der Waals surface area contributed by atoms with Crippen molar-refractivity contribution in [3.63, 3.8) is 0 Å². The van der Waals surface area contributed by atoms with E-state index in [1.54, 1.807) is 6.07 Å². The Labute approximate surface area is 200 Å². The Morgan fingerprint density at radius 1 is 0.618 bits per heavy atom. The van der Waals surface area contributed by atoms with Gasteiger partial charge >= 0.3 is 0 Å². The van der Waals surface area contributed by atoms with Crippen LogP contribution in [0.15, 0.2) is 91.0 Å². The van der Waals surface area contributed by atoms with Gasteiger partial charge in [0, 0.05) is 17.2 Å². The zero-order valence-electron chi connectivity index (χ0n) is 19.7. The van der Waals surface area contributed by atoms with Crippen molar-refractivity contribution < 1.29 is 14.2 Å². The lowest BCUT2D eigenvalue weighted by Crippen LogP contribution is -2.18. The number of ether oxygens (including phenoxy) is 3. The largest absolute Gasteiger partial charge is 0.492 e. The van der Waals surface area contributed by atoms with E-state index in [9.17, 15) is 0 Å². The standard InChI is InChI=1S/C29H30N2O3/c1-4-32-28-19-26(17-18-27(28)31)34-24-13-7-21(8-14-24)29(2,3)20-5-11-23(12-6-20)33-25-15-9-22(30)10-16-25/h5-19H,4,30-31H2,1-3H3. The first-order chi connectivity index (χ1) is 16.3. The summed E-state index contributed by atoms with van der Waals surface area (Å²) in [5, 5.41) is 0. The van der Waals surface area contributed by atoms with Gasteiger partial charge in [0.2, 0.25) is 0 Å². The van der Waals surface area contributed by atoms with Crippen molar-refractivity contribution >= 4 is 11.4 Å². The number of nitrogens with two attached hydrogens (primary N) is 2. The van der Waals surface area contributed by atoms with Crippen molar-refractivity contribution in [1.29, 1.82) is 0 Å². The molecule has 0 unspecified atom stereocenters. The van der Waals surface area contributed by atoms with Crippen LogP contribution >= 0.6 is 0 Å². The number of benzene rings is 4. The van der Waals surface area contributed by atoms with Gasteiger partial charge in [-0.25, -0.2) is 0 Å². The van der Waals surface area contributed by atoms with Crippen LogP contribution in [0.1, 0.15) is 31.9 Å². The van der Waals surface area contributed by atoms with Gasteiger partial charge in [0.25, 0.3) is 0 Å². The molecule has 0 aliphatic heterocycles. The van der Waals surface area contributed by atoms with Crippen LogP contribution in [0.3, 0.4) is 0 Å². The molecule has 5 heteroatoms. The van der Waals surface area contributed by atoms with E-state index in [4.69, 9.17) is 25.7 Å². The van der Waals surface area contributed by atoms with Gasteiger partial charge in [0.1, 0.15) is 28.7 Å². The molecular formula is C29H30N2O3. The van der Waals surface area contributed by atoms with E-state index in [0.717, 1.165) is 17.2 Å². The third-order valence-electron chi connectivity index (χ3n) is 5.79. The lowest BCUT2D eigenvalue weighted by molar-refractivity contribution is 0.340. The van der Waals surface area contributed by atoms with Crippen molar-refractivity contribution in [1.82, 2.24) is 0 Å². The average Bonchev–Trinajstić information content (AvgIpc) is 2.84. The lowest BCUT2D eigenvalue weighted by Gasteiger charge is -2.26. The van der Waals surface area contributed by atoms with Gasteiger partial charge in [0.15, 0.2) is 0 Å². The second kappa shape index (κ2) is 9.79. The van der Waals surface area contributed by atoms with Crippen LogP contribution in [0, 0.1) is 0 Å². The van der Waals surface area contributed by atoms with E-state index in [1.807, 2.05) is 67.6 Å². The van der Waals surface area contributed by atoms with Crippen LogP contribution in [-0.2, 0) is 5.41 Å². The normalized spacial score (nSPS) is 11.1. The Morgan fingerprint density at radius 2 is 1.06 bits per heavy atom. The zero-order valence-corrected chi connectivity index (χ0v) is 19.7. The van der Waals surface area contributed by atoms with E-state index in [1.165, 1.54) is 11.1 Å². The summed E-state index contributed by atoms with van der Waals surface area (Å²) in [5.41, 5.74) is 15.2. The van der Waals surface area contributed by atoms with E-state index in [2.05, 4.69) is 38.1 Å². The summed E-state index contributed by atoms with van der Waals surface area (Å²) in [6.07, 6.45) is 0. The van der Waals surface area contributed by atoms with Gasteiger partial charge in [-0.2, -0.15) is 0 Å². The number of hydrogen-bond donors (Lipinski definition) is 2. The van der Waals surface area contributed by atoms with Crippen LogP contribution in [0.4, 0.5) is 11.4 Å². The van der Waals surface area contributed by atoms with E-state index in [0.29, 0.717) is 29.5 Å². The first-order valence-corrected chi connectivity index (χ1v) is 11.3. The topological polar surface area (TPSA) is 79.7 Å². The molecule has 0 aliphatic carbocycles. The smallest absolute Gasteiger partial charge is 0.145 e. The molecule has 0 fully saturated rings. The molecular weight excluding hydrogens is 424 g/mol. The molecule has 0 aromatic heterocycles. The fourth-order valence-corrected chi connectivity index (χ4v) is 3.71. The summed E-state index contributed by atoms with van der Waals surface area (Å²) in [5.74, 6) is 3.59. The highest BCUT2D eigenvalue weighted by molar-refractivity contribution is 5.56. The maximum absolute atomic E-state index is 6.01. The van der Waals surface area contributed by atoms with E-state index >= 15 is 0 Å². The number of rotatable bonds is 8. The number of nitrogen functional groups attached to an aromatic ring is 2. The van der Waals surface area contributed by atoms with Gasteiger partial charge in [-0.3, -0.25) is 0 Å².